The highest BCUT2D eigenvalue weighted by molar-refractivity contribution is 5.70. The van der Waals surface area contributed by atoms with E-state index in [-0.39, 0.29) is 11.8 Å². The molecule has 1 saturated carbocycles. The molecule has 0 aliphatic heterocycles. The highest BCUT2D eigenvalue weighted by atomic mass is 16.5. The van der Waals surface area contributed by atoms with E-state index in [2.05, 4.69) is 15.3 Å². The van der Waals surface area contributed by atoms with Gasteiger partial charge in [0.25, 0.3) is 0 Å². The van der Waals surface area contributed by atoms with Crippen molar-refractivity contribution in [1.29, 1.82) is 0 Å². The van der Waals surface area contributed by atoms with Crippen LogP contribution in [-0.2, 0) is 4.79 Å². The number of hydrogen-bond donors (Lipinski definition) is 2. The summed E-state index contributed by atoms with van der Waals surface area (Å²) in [4.78, 5) is 19.5. The molecule has 2 atom stereocenters. The first-order valence-electron chi connectivity index (χ1n) is 7.12. The summed E-state index contributed by atoms with van der Waals surface area (Å²) >= 11 is 0. The van der Waals surface area contributed by atoms with Crippen LogP contribution in [0.15, 0.2) is 12.4 Å². The highest BCUT2D eigenvalue weighted by Crippen LogP contribution is 2.31. The van der Waals surface area contributed by atoms with Crippen molar-refractivity contribution in [1.82, 2.24) is 9.97 Å². The Labute approximate surface area is 118 Å². The second kappa shape index (κ2) is 7.07. The molecule has 0 saturated heterocycles. The molecule has 0 spiro atoms. The summed E-state index contributed by atoms with van der Waals surface area (Å²) in [6, 6.07) is 0. The lowest BCUT2D eigenvalue weighted by Crippen LogP contribution is -2.24. The van der Waals surface area contributed by atoms with Crippen LogP contribution in [0.2, 0.25) is 0 Å². The topological polar surface area (TPSA) is 84.3 Å². The lowest BCUT2D eigenvalue weighted by molar-refractivity contribution is -0.142. The summed E-state index contributed by atoms with van der Waals surface area (Å²) in [7, 11) is 0. The Morgan fingerprint density at radius 2 is 2.35 bits per heavy atom. The van der Waals surface area contributed by atoms with Gasteiger partial charge in [-0.15, -0.1) is 0 Å². The van der Waals surface area contributed by atoms with Gasteiger partial charge in [0.15, 0.2) is 0 Å². The zero-order chi connectivity index (χ0) is 14.4. The highest BCUT2D eigenvalue weighted by Gasteiger charge is 2.32. The molecule has 2 N–H and O–H groups in total. The first-order chi connectivity index (χ1) is 9.70. The predicted octanol–water partition coefficient (Wildman–Crippen LogP) is 2.18. The fourth-order valence-electron chi connectivity index (χ4n) is 2.55. The standard InChI is InChI=1S/C14H21N3O3/c1-2-6-20-13-9-15-8-12(17-13)16-7-10-4-3-5-11(10)14(18)19/h8-11H,2-7H2,1H3,(H,16,17)(H,18,19). The molecular weight excluding hydrogens is 258 g/mol. The van der Waals surface area contributed by atoms with Crippen molar-refractivity contribution in [2.75, 3.05) is 18.5 Å². The van der Waals surface area contributed by atoms with E-state index in [0.717, 1.165) is 25.7 Å². The van der Waals surface area contributed by atoms with Crippen LogP contribution in [0.3, 0.4) is 0 Å². The number of ether oxygens (including phenoxy) is 1. The lowest BCUT2D eigenvalue weighted by Gasteiger charge is -2.16. The predicted molar refractivity (Wildman–Crippen MR) is 74.8 cm³/mol. The van der Waals surface area contributed by atoms with E-state index >= 15 is 0 Å². The summed E-state index contributed by atoms with van der Waals surface area (Å²) in [6.07, 6.45) is 6.83. The number of anilines is 1. The van der Waals surface area contributed by atoms with Crippen LogP contribution in [0.25, 0.3) is 0 Å². The van der Waals surface area contributed by atoms with E-state index < -0.39 is 5.97 Å². The summed E-state index contributed by atoms with van der Waals surface area (Å²) < 4.78 is 5.42. The lowest BCUT2D eigenvalue weighted by atomic mass is 9.96. The average molecular weight is 279 g/mol. The number of nitrogens with zero attached hydrogens (tertiary/aromatic N) is 2. The van der Waals surface area contributed by atoms with E-state index in [1.165, 1.54) is 0 Å². The minimum Gasteiger partial charge on any atom is -0.481 e. The molecule has 6 nitrogen and oxygen atoms in total. The molecule has 2 rings (SSSR count). The molecule has 110 valence electrons. The molecule has 6 heteroatoms. The third kappa shape index (κ3) is 3.82. The van der Waals surface area contributed by atoms with Crippen molar-refractivity contribution >= 4 is 11.8 Å². The Balaban J connectivity index is 1.88. The Morgan fingerprint density at radius 3 is 3.10 bits per heavy atom. The number of rotatable bonds is 7. The van der Waals surface area contributed by atoms with Gasteiger partial charge in [0, 0.05) is 6.54 Å². The second-order valence-corrected chi connectivity index (χ2v) is 5.11. The van der Waals surface area contributed by atoms with Crippen molar-refractivity contribution in [2.45, 2.75) is 32.6 Å². The first kappa shape index (κ1) is 14.6. The summed E-state index contributed by atoms with van der Waals surface area (Å²) in [6.45, 7) is 3.26. The van der Waals surface area contributed by atoms with Gasteiger partial charge in [-0.1, -0.05) is 13.3 Å². The Morgan fingerprint density at radius 1 is 1.50 bits per heavy atom. The van der Waals surface area contributed by atoms with Crippen LogP contribution in [0.1, 0.15) is 32.6 Å². The first-order valence-corrected chi connectivity index (χ1v) is 7.12. The third-order valence-electron chi connectivity index (χ3n) is 3.59. The number of carboxylic acid groups (broad SMARTS) is 1. The van der Waals surface area contributed by atoms with Crippen LogP contribution >= 0.6 is 0 Å². The Hall–Kier alpha value is -1.85. The van der Waals surface area contributed by atoms with Gasteiger partial charge in [-0.2, -0.15) is 4.98 Å². The van der Waals surface area contributed by atoms with Gasteiger partial charge in [-0.3, -0.25) is 9.78 Å². The van der Waals surface area contributed by atoms with Crippen molar-refractivity contribution in [3.8, 4) is 5.88 Å². The van der Waals surface area contributed by atoms with E-state index in [0.29, 0.717) is 24.8 Å². The molecule has 1 fully saturated rings. The maximum atomic E-state index is 11.1. The van der Waals surface area contributed by atoms with Crippen LogP contribution in [0.5, 0.6) is 5.88 Å². The molecule has 1 aromatic heterocycles. The van der Waals surface area contributed by atoms with Crippen molar-refractivity contribution < 1.29 is 14.6 Å². The molecule has 1 aromatic rings. The normalized spacial score (nSPS) is 21.6. The zero-order valence-corrected chi connectivity index (χ0v) is 11.7. The van der Waals surface area contributed by atoms with Crippen molar-refractivity contribution in [3.05, 3.63) is 12.4 Å². The number of aromatic nitrogens is 2. The van der Waals surface area contributed by atoms with Gasteiger partial charge < -0.3 is 15.2 Å². The third-order valence-corrected chi connectivity index (χ3v) is 3.59. The van der Waals surface area contributed by atoms with Crippen LogP contribution < -0.4 is 10.1 Å². The van der Waals surface area contributed by atoms with E-state index in [9.17, 15) is 4.79 Å². The van der Waals surface area contributed by atoms with Gasteiger partial charge in [0.1, 0.15) is 5.82 Å². The summed E-state index contributed by atoms with van der Waals surface area (Å²) in [5.41, 5.74) is 0. The van der Waals surface area contributed by atoms with Crippen LogP contribution in [0.4, 0.5) is 5.82 Å². The summed E-state index contributed by atoms with van der Waals surface area (Å²) in [5, 5.41) is 12.3. The minimum atomic E-state index is -0.694. The summed E-state index contributed by atoms with van der Waals surface area (Å²) in [5.74, 6) is 0.359. The molecule has 1 heterocycles. The number of aliphatic carboxylic acids is 1. The van der Waals surface area contributed by atoms with Gasteiger partial charge in [-0.25, -0.2) is 0 Å². The quantitative estimate of drug-likeness (QED) is 0.795. The van der Waals surface area contributed by atoms with Gasteiger partial charge in [0.2, 0.25) is 5.88 Å². The zero-order valence-electron chi connectivity index (χ0n) is 11.7. The maximum Gasteiger partial charge on any atom is 0.306 e. The van der Waals surface area contributed by atoms with Gasteiger partial charge in [-0.05, 0) is 25.2 Å². The average Bonchev–Trinajstić information content (AvgIpc) is 2.92. The van der Waals surface area contributed by atoms with Crippen LogP contribution in [0, 0.1) is 11.8 Å². The number of nitrogens with one attached hydrogen (secondary N) is 1. The van der Waals surface area contributed by atoms with Gasteiger partial charge >= 0.3 is 5.97 Å². The SMILES string of the molecule is CCCOc1cncc(NCC2CCCC2C(=O)O)n1. The Kier molecular flexibility index (Phi) is 5.15. The Bertz CT molecular complexity index is 453. The molecule has 1 aliphatic rings. The van der Waals surface area contributed by atoms with Gasteiger partial charge in [0.05, 0.1) is 24.9 Å². The van der Waals surface area contributed by atoms with Crippen molar-refractivity contribution in [3.63, 3.8) is 0 Å². The number of hydrogen-bond acceptors (Lipinski definition) is 5. The molecule has 0 aromatic carbocycles. The number of carboxylic acids is 1. The molecular formula is C14H21N3O3. The fraction of sp³-hybridized carbons (Fsp3) is 0.643. The smallest absolute Gasteiger partial charge is 0.306 e. The van der Waals surface area contributed by atoms with Crippen molar-refractivity contribution in [2.24, 2.45) is 11.8 Å². The molecule has 0 bridgehead atoms. The van der Waals surface area contributed by atoms with E-state index in [1.54, 1.807) is 12.4 Å². The van der Waals surface area contributed by atoms with E-state index in [1.807, 2.05) is 6.92 Å². The van der Waals surface area contributed by atoms with Crippen LogP contribution in [-0.4, -0.2) is 34.2 Å². The maximum absolute atomic E-state index is 11.1. The number of carbonyl (C=O) groups is 1. The molecule has 0 radical (unpaired) electrons. The molecule has 20 heavy (non-hydrogen) atoms. The fourth-order valence-corrected chi connectivity index (χ4v) is 2.55. The largest absolute Gasteiger partial charge is 0.481 e. The monoisotopic (exact) mass is 279 g/mol. The molecule has 0 amide bonds. The van der Waals surface area contributed by atoms with E-state index in [4.69, 9.17) is 9.84 Å². The molecule has 1 aliphatic carbocycles. The second-order valence-electron chi connectivity index (χ2n) is 5.11. The molecule has 2 unspecified atom stereocenters. The minimum absolute atomic E-state index is 0.162.